The summed E-state index contributed by atoms with van der Waals surface area (Å²) in [6.45, 7) is 2.39. The fourth-order valence-corrected chi connectivity index (χ4v) is 3.78. The number of aliphatic imine (C=N–C) groups is 1. The summed E-state index contributed by atoms with van der Waals surface area (Å²) in [6, 6.07) is 15.0. The van der Waals surface area contributed by atoms with Gasteiger partial charge in [-0.25, -0.2) is 9.97 Å². The average molecular weight is 396 g/mol. The van der Waals surface area contributed by atoms with Crippen LogP contribution in [0.5, 0.6) is 0 Å². The minimum atomic E-state index is -0.594. The molecule has 0 bridgehead atoms. The van der Waals surface area contributed by atoms with E-state index in [1.54, 1.807) is 18.7 Å². The zero-order chi connectivity index (χ0) is 20.7. The van der Waals surface area contributed by atoms with E-state index in [4.69, 9.17) is 5.73 Å². The Bertz CT molecular complexity index is 1270. The van der Waals surface area contributed by atoms with Crippen molar-refractivity contribution in [1.29, 1.82) is 0 Å². The number of aromatic nitrogens is 4. The van der Waals surface area contributed by atoms with E-state index in [-0.39, 0.29) is 5.78 Å². The molecule has 0 radical (unpaired) electrons. The molecule has 0 aliphatic carbocycles. The maximum Gasteiger partial charge on any atom is 0.210 e. The molecule has 3 heterocycles. The zero-order valence-electron chi connectivity index (χ0n) is 16.4. The molecule has 30 heavy (non-hydrogen) atoms. The van der Waals surface area contributed by atoms with Crippen LogP contribution in [-0.2, 0) is 6.54 Å². The lowest BCUT2D eigenvalue weighted by Crippen LogP contribution is -2.20. The van der Waals surface area contributed by atoms with Crippen LogP contribution in [0.25, 0.3) is 11.4 Å². The van der Waals surface area contributed by atoms with Gasteiger partial charge in [-0.05, 0) is 42.3 Å². The standard InChI is InChI=1S/C23H20N6O/c1-15-25-9-10-28(15)18-7-5-17(6-8-18)21-23(30)22-20(13-26-21)27-14-29(22)19-4-2-3-16(11-19)12-24/h2-11,13-14,21H,12,24H2,1H3. The Morgan fingerprint density at radius 2 is 1.87 bits per heavy atom. The number of aryl methyl sites for hydroxylation is 1. The maximum atomic E-state index is 13.4. The first-order chi connectivity index (χ1) is 14.7. The van der Waals surface area contributed by atoms with Gasteiger partial charge in [0.05, 0.1) is 6.21 Å². The second-order valence-corrected chi connectivity index (χ2v) is 7.20. The predicted octanol–water partition coefficient (Wildman–Crippen LogP) is 3.18. The lowest BCUT2D eigenvalue weighted by molar-refractivity contribution is 0.0953. The first kappa shape index (κ1) is 18.2. The van der Waals surface area contributed by atoms with Gasteiger partial charge in [0.15, 0.2) is 0 Å². The molecule has 7 heteroatoms. The first-order valence-corrected chi connectivity index (χ1v) is 9.70. The fourth-order valence-electron chi connectivity index (χ4n) is 3.78. The molecular weight excluding hydrogens is 376 g/mol. The van der Waals surface area contributed by atoms with Gasteiger partial charge in [-0.15, -0.1) is 0 Å². The van der Waals surface area contributed by atoms with Crippen molar-refractivity contribution >= 4 is 12.0 Å². The largest absolute Gasteiger partial charge is 0.326 e. The van der Waals surface area contributed by atoms with Crippen molar-refractivity contribution in [2.24, 2.45) is 10.7 Å². The Morgan fingerprint density at radius 1 is 1.03 bits per heavy atom. The average Bonchev–Trinajstić information content (AvgIpc) is 3.41. The number of hydrogen-bond donors (Lipinski definition) is 1. The minimum absolute atomic E-state index is 0.0743. The third-order valence-corrected chi connectivity index (χ3v) is 5.36. The molecule has 2 aromatic carbocycles. The molecule has 2 N–H and O–H groups in total. The van der Waals surface area contributed by atoms with Crippen molar-refractivity contribution in [3.63, 3.8) is 0 Å². The van der Waals surface area contributed by atoms with Gasteiger partial charge in [-0.3, -0.25) is 14.4 Å². The molecule has 148 valence electrons. The van der Waals surface area contributed by atoms with Gasteiger partial charge in [-0.1, -0.05) is 24.3 Å². The van der Waals surface area contributed by atoms with Gasteiger partial charge in [-0.2, -0.15) is 0 Å². The van der Waals surface area contributed by atoms with Crippen LogP contribution in [0.1, 0.15) is 39.2 Å². The number of rotatable bonds is 4. The lowest BCUT2D eigenvalue weighted by Gasteiger charge is -2.18. The molecule has 1 unspecified atom stereocenters. The number of nitrogens with two attached hydrogens (primary N) is 1. The van der Waals surface area contributed by atoms with Crippen LogP contribution < -0.4 is 5.73 Å². The number of nitrogens with zero attached hydrogens (tertiary/aromatic N) is 5. The van der Waals surface area contributed by atoms with Gasteiger partial charge >= 0.3 is 0 Å². The molecular formula is C23H20N6O. The normalized spacial score (nSPS) is 15.4. The summed E-state index contributed by atoms with van der Waals surface area (Å²) in [5.41, 5.74) is 10.6. The van der Waals surface area contributed by atoms with E-state index in [1.807, 2.05) is 70.8 Å². The van der Waals surface area contributed by atoms with Gasteiger partial charge < -0.3 is 10.3 Å². The van der Waals surface area contributed by atoms with Gasteiger partial charge in [0, 0.05) is 30.3 Å². The summed E-state index contributed by atoms with van der Waals surface area (Å²) in [6.07, 6.45) is 7.02. The highest BCUT2D eigenvalue weighted by Gasteiger charge is 2.30. The van der Waals surface area contributed by atoms with E-state index in [0.717, 1.165) is 28.3 Å². The van der Waals surface area contributed by atoms with Crippen molar-refractivity contribution in [2.75, 3.05) is 0 Å². The molecule has 1 atom stereocenters. The summed E-state index contributed by atoms with van der Waals surface area (Å²) >= 11 is 0. The van der Waals surface area contributed by atoms with E-state index >= 15 is 0 Å². The molecule has 5 rings (SSSR count). The van der Waals surface area contributed by atoms with Gasteiger partial charge in [0.1, 0.15) is 29.6 Å². The highest BCUT2D eigenvalue weighted by molar-refractivity contribution is 6.08. The molecule has 4 aromatic rings. The number of benzene rings is 2. The summed E-state index contributed by atoms with van der Waals surface area (Å²) in [5, 5.41) is 0. The molecule has 0 saturated heterocycles. The SMILES string of the molecule is Cc1nccn1-c1ccc(C2N=Cc3ncn(-c4cccc(CN)c4)c3C2=O)cc1. The lowest BCUT2D eigenvalue weighted by atomic mass is 9.97. The minimum Gasteiger partial charge on any atom is -0.326 e. The van der Waals surface area contributed by atoms with E-state index in [2.05, 4.69) is 15.0 Å². The number of fused-ring (bicyclic) bond motifs is 1. The van der Waals surface area contributed by atoms with Crippen molar-refractivity contribution in [1.82, 2.24) is 19.1 Å². The summed E-state index contributed by atoms with van der Waals surface area (Å²) in [4.78, 5) is 26.5. The van der Waals surface area contributed by atoms with E-state index in [0.29, 0.717) is 17.9 Å². The number of carbonyl (C=O) groups is 1. The van der Waals surface area contributed by atoms with Crippen molar-refractivity contribution in [3.05, 3.63) is 95.6 Å². The molecule has 1 aliphatic rings. The van der Waals surface area contributed by atoms with Crippen LogP contribution in [0, 0.1) is 6.92 Å². The summed E-state index contributed by atoms with van der Waals surface area (Å²) < 4.78 is 3.81. The van der Waals surface area contributed by atoms with Crippen LogP contribution in [0.4, 0.5) is 0 Å². The van der Waals surface area contributed by atoms with Gasteiger partial charge in [0.25, 0.3) is 0 Å². The molecule has 0 amide bonds. The second kappa shape index (κ2) is 7.20. The molecule has 7 nitrogen and oxygen atoms in total. The van der Waals surface area contributed by atoms with Crippen LogP contribution in [0.3, 0.4) is 0 Å². The fraction of sp³-hybridized carbons (Fsp3) is 0.130. The number of ketones is 1. The monoisotopic (exact) mass is 396 g/mol. The quantitative estimate of drug-likeness (QED) is 0.574. The Hall–Kier alpha value is -3.84. The van der Waals surface area contributed by atoms with Crippen molar-refractivity contribution < 1.29 is 4.79 Å². The predicted molar refractivity (Wildman–Crippen MR) is 114 cm³/mol. The summed E-state index contributed by atoms with van der Waals surface area (Å²) in [5.74, 6) is 0.831. The van der Waals surface area contributed by atoms with Crippen LogP contribution in [0.2, 0.25) is 0 Å². The zero-order valence-corrected chi connectivity index (χ0v) is 16.4. The topological polar surface area (TPSA) is 91.1 Å². The van der Waals surface area contributed by atoms with Crippen molar-refractivity contribution in [2.45, 2.75) is 19.5 Å². The van der Waals surface area contributed by atoms with E-state index in [1.165, 1.54) is 0 Å². The Morgan fingerprint density at radius 3 is 2.60 bits per heavy atom. The Balaban J connectivity index is 1.49. The molecule has 0 spiro atoms. The number of Topliss-reactive ketones (excluding diaryl/α,β-unsaturated/α-hetero) is 1. The molecule has 0 fully saturated rings. The third kappa shape index (κ3) is 2.96. The van der Waals surface area contributed by atoms with Crippen LogP contribution >= 0.6 is 0 Å². The highest BCUT2D eigenvalue weighted by Crippen LogP contribution is 2.29. The number of hydrogen-bond acceptors (Lipinski definition) is 5. The maximum absolute atomic E-state index is 13.4. The Labute approximate surface area is 173 Å². The summed E-state index contributed by atoms with van der Waals surface area (Å²) in [7, 11) is 0. The van der Waals surface area contributed by atoms with Crippen LogP contribution in [-0.4, -0.2) is 31.1 Å². The molecule has 0 saturated carbocycles. The van der Waals surface area contributed by atoms with Crippen LogP contribution in [0.15, 0.2) is 72.2 Å². The number of carbonyl (C=O) groups excluding carboxylic acids is 1. The van der Waals surface area contributed by atoms with E-state index in [9.17, 15) is 4.79 Å². The molecule has 1 aliphatic heterocycles. The smallest absolute Gasteiger partial charge is 0.210 e. The highest BCUT2D eigenvalue weighted by atomic mass is 16.1. The van der Waals surface area contributed by atoms with E-state index < -0.39 is 6.04 Å². The molecule has 2 aromatic heterocycles. The first-order valence-electron chi connectivity index (χ1n) is 9.70. The number of imidazole rings is 2. The third-order valence-electron chi connectivity index (χ3n) is 5.36. The van der Waals surface area contributed by atoms with Crippen molar-refractivity contribution in [3.8, 4) is 11.4 Å². The van der Waals surface area contributed by atoms with Gasteiger partial charge in [0.2, 0.25) is 5.78 Å². The Kier molecular flexibility index (Phi) is 4.37. The second-order valence-electron chi connectivity index (χ2n) is 7.20.